The van der Waals surface area contributed by atoms with Crippen LogP contribution in [-0.4, -0.2) is 56.3 Å². The molecule has 2 aliphatic rings. The maximum Gasteiger partial charge on any atom is 0.243 e. The molecule has 0 aromatic heterocycles. The van der Waals surface area contributed by atoms with Crippen molar-refractivity contribution >= 4 is 21.6 Å². The third-order valence-electron chi connectivity index (χ3n) is 6.40. The van der Waals surface area contributed by atoms with Crippen LogP contribution in [0.2, 0.25) is 0 Å². The Morgan fingerprint density at radius 2 is 1.59 bits per heavy atom. The van der Waals surface area contributed by atoms with Crippen LogP contribution in [0.1, 0.15) is 19.3 Å². The van der Waals surface area contributed by atoms with E-state index >= 15 is 0 Å². The fourth-order valence-electron chi connectivity index (χ4n) is 4.75. The Balaban J connectivity index is 1.59. The van der Waals surface area contributed by atoms with E-state index in [9.17, 15) is 13.2 Å². The molecular weight excluding hydrogens is 386 g/mol. The van der Waals surface area contributed by atoms with Gasteiger partial charge in [0.25, 0.3) is 0 Å². The zero-order valence-corrected chi connectivity index (χ0v) is 17.4. The third-order valence-corrected chi connectivity index (χ3v) is 8.32. The second-order valence-electron chi connectivity index (χ2n) is 7.98. The van der Waals surface area contributed by atoms with E-state index in [0.29, 0.717) is 30.8 Å². The number of carbonyl (C=O) groups is 1. The first-order valence-corrected chi connectivity index (χ1v) is 11.5. The lowest BCUT2D eigenvalue weighted by Gasteiger charge is -2.34. The molecule has 4 rings (SSSR count). The molecule has 154 valence electrons. The molecule has 2 saturated heterocycles. The van der Waals surface area contributed by atoms with Gasteiger partial charge in [0, 0.05) is 24.8 Å². The largest absolute Gasteiger partial charge is 0.326 e. The summed E-state index contributed by atoms with van der Waals surface area (Å²) in [6.07, 6.45) is 1.91. The lowest BCUT2D eigenvalue weighted by atomic mass is 9.75. The van der Waals surface area contributed by atoms with Crippen molar-refractivity contribution in [1.82, 2.24) is 9.21 Å². The van der Waals surface area contributed by atoms with E-state index in [0.717, 1.165) is 18.7 Å². The van der Waals surface area contributed by atoms with Crippen molar-refractivity contribution in [3.8, 4) is 0 Å². The normalized spacial score (nSPS) is 25.9. The highest BCUT2D eigenvalue weighted by Crippen LogP contribution is 2.44. The van der Waals surface area contributed by atoms with Crippen molar-refractivity contribution in [3.63, 3.8) is 0 Å². The van der Waals surface area contributed by atoms with E-state index in [1.165, 1.54) is 0 Å². The zero-order chi connectivity index (χ0) is 20.5. The number of hydrogen-bond donors (Lipinski definition) is 1. The molecule has 0 spiro atoms. The first-order chi connectivity index (χ1) is 13.9. The predicted molar refractivity (Wildman–Crippen MR) is 113 cm³/mol. The fraction of sp³-hybridized carbons (Fsp3) is 0.409. The van der Waals surface area contributed by atoms with E-state index in [1.807, 2.05) is 43.4 Å². The second-order valence-corrected chi connectivity index (χ2v) is 9.92. The quantitative estimate of drug-likeness (QED) is 0.837. The van der Waals surface area contributed by atoms with Gasteiger partial charge in [-0.1, -0.05) is 36.4 Å². The molecule has 6 nitrogen and oxygen atoms in total. The average molecular weight is 414 g/mol. The molecule has 2 aromatic rings. The summed E-state index contributed by atoms with van der Waals surface area (Å²) in [6.45, 7) is 1.62. The number of likely N-dealkylation sites (tertiary alicyclic amines) is 1. The number of nitrogens with one attached hydrogen (secondary N) is 1. The monoisotopic (exact) mass is 413 g/mol. The molecule has 2 heterocycles. The molecular formula is C22H27N3O3S. The smallest absolute Gasteiger partial charge is 0.243 e. The number of para-hydroxylation sites is 1. The highest BCUT2D eigenvalue weighted by Gasteiger charge is 2.53. The number of nitrogens with zero attached hydrogens (tertiary/aromatic N) is 2. The lowest BCUT2D eigenvalue weighted by molar-refractivity contribution is -0.127. The number of fused-ring (bicyclic) bond motifs is 1. The van der Waals surface area contributed by atoms with E-state index in [-0.39, 0.29) is 11.9 Å². The van der Waals surface area contributed by atoms with Gasteiger partial charge >= 0.3 is 0 Å². The van der Waals surface area contributed by atoms with E-state index in [2.05, 4.69) is 10.2 Å². The lowest BCUT2D eigenvalue weighted by Crippen LogP contribution is -2.46. The fourth-order valence-corrected chi connectivity index (χ4v) is 6.22. The number of anilines is 1. The van der Waals surface area contributed by atoms with Crippen molar-refractivity contribution in [2.45, 2.75) is 30.2 Å². The molecule has 29 heavy (non-hydrogen) atoms. The average Bonchev–Trinajstić information content (AvgIpc) is 2.93. The van der Waals surface area contributed by atoms with Crippen LogP contribution in [0.5, 0.6) is 0 Å². The Kier molecular flexibility index (Phi) is 5.46. The van der Waals surface area contributed by atoms with Crippen molar-refractivity contribution in [2.24, 2.45) is 5.41 Å². The summed E-state index contributed by atoms with van der Waals surface area (Å²) in [7, 11) is -1.53. The van der Waals surface area contributed by atoms with Crippen LogP contribution < -0.4 is 5.32 Å². The van der Waals surface area contributed by atoms with Crippen LogP contribution in [0.25, 0.3) is 0 Å². The summed E-state index contributed by atoms with van der Waals surface area (Å²) < 4.78 is 27.8. The first-order valence-electron chi connectivity index (χ1n) is 10.1. The van der Waals surface area contributed by atoms with Gasteiger partial charge in [-0.2, -0.15) is 4.31 Å². The maximum atomic E-state index is 13.4. The number of carbonyl (C=O) groups excluding carboxylic acids is 1. The molecule has 2 aliphatic heterocycles. The molecule has 1 amide bonds. The second kappa shape index (κ2) is 7.89. The molecule has 0 radical (unpaired) electrons. The number of benzene rings is 2. The number of hydrogen-bond acceptors (Lipinski definition) is 4. The van der Waals surface area contributed by atoms with E-state index in [1.54, 1.807) is 28.6 Å². The molecule has 0 aliphatic carbocycles. The van der Waals surface area contributed by atoms with Crippen LogP contribution in [0, 0.1) is 5.41 Å². The SMILES string of the molecule is CN1CC[C@@]2(C(=O)Nc3ccccc3)CCN(S(=O)(=O)c3ccccc3)CC[C@H]12. The van der Waals surface area contributed by atoms with Gasteiger partial charge in [0.1, 0.15) is 0 Å². The first kappa shape index (κ1) is 20.1. The van der Waals surface area contributed by atoms with Crippen LogP contribution in [0.15, 0.2) is 65.6 Å². The summed E-state index contributed by atoms with van der Waals surface area (Å²) in [4.78, 5) is 15.9. The van der Waals surface area contributed by atoms with E-state index in [4.69, 9.17) is 0 Å². The van der Waals surface area contributed by atoms with Gasteiger partial charge in [-0.15, -0.1) is 0 Å². The third kappa shape index (κ3) is 3.70. The molecule has 0 bridgehead atoms. The number of rotatable bonds is 4. The number of amides is 1. The maximum absolute atomic E-state index is 13.4. The van der Waals surface area contributed by atoms with Gasteiger partial charge < -0.3 is 10.2 Å². The van der Waals surface area contributed by atoms with Gasteiger partial charge in [0.15, 0.2) is 0 Å². The van der Waals surface area contributed by atoms with Gasteiger partial charge in [0.05, 0.1) is 10.3 Å². The van der Waals surface area contributed by atoms with Gasteiger partial charge in [0.2, 0.25) is 15.9 Å². The Hall–Kier alpha value is -2.22. The molecule has 0 saturated carbocycles. The van der Waals surface area contributed by atoms with Crippen LogP contribution in [0.4, 0.5) is 5.69 Å². The minimum atomic E-state index is -3.56. The van der Waals surface area contributed by atoms with Crippen LogP contribution in [0.3, 0.4) is 0 Å². The summed E-state index contributed by atoms with van der Waals surface area (Å²) in [5, 5.41) is 3.07. The van der Waals surface area contributed by atoms with Crippen LogP contribution in [-0.2, 0) is 14.8 Å². The topological polar surface area (TPSA) is 69.7 Å². The summed E-state index contributed by atoms with van der Waals surface area (Å²) in [5.41, 5.74) is 0.198. The number of sulfonamides is 1. The predicted octanol–water partition coefficient (Wildman–Crippen LogP) is 2.80. The van der Waals surface area contributed by atoms with Gasteiger partial charge in [-0.3, -0.25) is 4.79 Å². The standard InChI is InChI=1S/C22H27N3O3S/c1-24-16-13-22(21(26)23-18-8-4-2-5-9-18)14-17-25(15-12-20(22)24)29(27,28)19-10-6-3-7-11-19/h2-11,20H,12-17H2,1H3,(H,23,26)/t20-,22+/m0/s1. The highest BCUT2D eigenvalue weighted by atomic mass is 32.2. The highest BCUT2D eigenvalue weighted by molar-refractivity contribution is 7.89. The van der Waals surface area contributed by atoms with Crippen molar-refractivity contribution in [3.05, 3.63) is 60.7 Å². The van der Waals surface area contributed by atoms with Crippen LogP contribution >= 0.6 is 0 Å². The molecule has 2 aromatic carbocycles. The molecule has 7 heteroatoms. The Bertz CT molecular complexity index is 965. The summed E-state index contributed by atoms with van der Waals surface area (Å²) in [5.74, 6) is -0.00277. The summed E-state index contributed by atoms with van der Waals surface area (Å²) >= 11 is 0. The Morgan fingerprint density at radius 3 is 2.28 bits per heavy atom. The van der Waals surface area contributed by atoms with Crippen molar-refractivity contribution in [2.75, 3.05) is 32.0 Å². The molecule has 2 fully saturated rings. The zero-order valence-electron chi connectivity index (χ0n) is 16.6. The van der Waals surface area contributed by atoms with Gasteiger partial charge in [-0.25, -0.2) is 8.42 Å². The minimum Gasteiger partial charge on any atom is -0.326 e. The molecule has 1 N–H and O–H groups in total. The van der Waals surface area contributed by atoms with Gasteiger partial charge in [-0.05, 0) is 57.1 Å². The summed E-state index contributed by atoms with van der Waals surface area (Å²) in [6, 6.07) is 18.0. The Labute approximate surface area is 172 Å². The molecule has 2 atom stereocenters. The Morgan fingerprint density at radius 1 is 0.966 bits per heavy atom. The minimum absolute atomic E-state index is 0.00277. The van der Waals surface area contributed by atoms with E-state index < -0.39 is 15.4 Å². The van der Waals surface area contributed by atoms with Crippen molar-refractivity contribution < 1.29 is 13.2 Å². The molecule has 0 unspecified atom stereocenters. The van der Waals surface area contributed by atoms with Crippen molar-refractivity contribution in [1.29, 1.82) is 0 Å².